The Morgan fingerprint density at radius 2 is 1.36 bits per heavy atom. The fourth-order valence-electron chi connectivity index (χ4n) is 3.44. The highest BCUT2D eigenvalue weighted by Crippen LogP contribution is 2.44. The first-order chi connectivity index (χ1) is 13.6. The number of benzene rings is 2. The summed E-state index contributed by atoms with van der Waals surface area (Å²) in [6.07, 6.45) is 3.66. The van der Waals surface area contributed by atoms with E-state index in [4.69, 9.17) is 9.47 Å². The average molecular weight is 392 g/mol. The van der Waals surface area contributed by atoms with Gasteiger partial charge in [-0.2, -0.15) is 0 Å². The molecule has 0 aliphatic heterocycles. The summed E-state index contributed by atoms with van der Waals surface area (Å²) in [5, 5.41) is 3.15. The van der Waals surface area contributed by atoms with Crippen molar-refractivity contribution in [2.24, 2.45) is 7.05 Å². The maximum Gasteiger partial charge on any atom is 0.171 e. The average Bonchev–Trinajstić information content (AvgIpc) is 3.14. The second-order valence-electron chi connectivity index (χ2n) is 6.50. The first-order valence-electron chi connectivity index (χ1n) is 8.88. The predicted molar refractivity (Wildman–Crippen MR) is 113 cm³/mol. The van der Waals surface area contributed by atoms with Gasteiger partial charge in [0, 0.05) is 40.7 Å². The van der Waals surface area contributed by atoms with Crippen LogP contribution in [0.2, 0.25) is 0 Å². The molecule has 0 atom stereocenters. The number of aryl methyl sites for hydroxylation is 1. The molecule has 0 aliphatic carbocycles. The number of ether oxygens (including phenoxy) is 2. The molecule has 28 heavy (non-hydrogen) atoms. The van der Waals surface area contributed by atoms with E-state index < -0.39 is 7.14 Å². The third-order valence-corrected chi connectivity index (χ3v) is 8.08. The zero-order chi connectivity index (χ0) is 19.7. The Balaban J connectivity index is 2.00. The third-order valence-electron chi connectivity index (χ3n) is 4.96. The van der Waals surface area contributed by atoms with Crippen molar-refractivity contribution in [3.8, 4) is 11.5 Å². The van der Waals surface area contributed by atoms with Crippen LogP contribution >= 0.6 is 7.14 Å². The lowest BCUT2D eigenvalue weighted by Gasteiger charge is -2.21. The van der Waals surface area contributed by atoms with E-state index in [1.807, 2.05) is 78.5 Å². The zero-order valence-electron chi connectivity index (χ0n) is 16.0. The highest BCUT2D eigenvalue weighted by molar-refractivity contribution is 7.85. The molecule has 2 aromatic heterocycles. The number of pyridine rings is 1. The lowest BCUT2D eigenvalue weighted by atomic mass is 10.3. The quantitative estimate of drug-likeness (QED) is 0.490. The predicted octanol–water partition coefficient (Wildman–Crippen LogP) is 3.23. The van der Waals surface area contributed by atoms with Crippen LogP contribution in [-0.4, -0.2) is 23.8 Å². The molecule has 0 radical (unpaired) electrons. The van der Waals surface area contributed by atoms with Crippen molar-refractivity contribution >= 4 is 34.1 Å². The number of hydrogen-bond acceptors (Lipinski definition) is 4. The van der Waals surface area contributed by atoms with Crippen LogP contribution in [0, 0.1) is 0 Å². The smallest absolute Gasteiger partial charge is 0.171 e. The number of nitrogens with zero attached hydrogens (tertiary/aromatic N) is 2. The first-order valence-corrected chi connectivity index (χ1v) is 10.6. The number of aromatic nitrogens is 2. The maximum atomic E-state index is 14.7. The van der Waals surface area contributed by atoms with Crippen LogP contribution in [0.5, 0.6) is 11.5 Å². The van der Waals surface area contributed by atoms with E-state index in [2.05, 4.69) is 4.98 Å². The summed E-state index contributed by atoms with van der Waals surface area (Å²) in [4.78, 5) is 4.46. The van der Waals surface area contributed by atoms with E-state index >= 15 is 0 Å². The molecule has 0 unspecified atom stereocenters. The minimum absolute atomic E-state index is 0.726. The van der Waals surface area contributed by atoms with Crippen molar-refractivity contribution in [2.45, 2.75) is 0 Å². The SMILES string of the molecule is COc1ccc(P(=O)(c2ccc(OC)cc2)c2ccnc3c2ccn3C)cc1. The molecule has 0 amide bonds. The van der Waals surface area contributed by atoms with Crippen LogP contribution in [0.3, 0.4) is 0 Å². The molecule has 0 spiro atoms. The van der Waals surface area contributed by atoms with Gasteiger partial charge in [-0.25, -0.2) is 4.98 Å². The van der Waals surface area contributed by atoms with Gasteiger partial charge in [0.2, 0.25) is 0 Å². The molecule has 0 saturated heterocycles. The summed E-state index contributed by atoms with van der Waals surface area (Å²) in [6.45, 7) is 0. The van der Waals surface area contributed by atoms with Crippen molar-refractivity contribution in [2.75, 3.05) is 14.2 Å². The summed E-state index contributed by atoms with van der Waals surface area (Å²) in [5.41, 5.74) is 0.805. The van der Waals surface area contributed by atoms with Gasteiger partial charge in [-0.1, -0.05) is 0 Å². The molecule has 5 nitrogen and oxygen atoms in total. The molecule has 4 rings (SSSR count). The van der Waals surface area contributed by atoms with Crippen LogP contribution in [0.25, 0.3) is 11.0 Å². The van der Waals surface area contributed by atoms with Crippen LogP contribution in [0.1, 0.15) is 0 Å². The first kappa shape index (κ1) is 18.3. The third kappa shape index (κ3) is 2.88. The van der Waals surface area contributed by atoms with E-state index in [9.17, 15) is 4.57 Å². The molecule has 2 aromatic carbocycles. The van der Waals surface area contributed by atoms with Gasteiger partial charge in [-0.15, -0.1) is 0 Å². The molecule has 142 valence electrons. The van der Waals surface area contributed by atoms with Gasteiger partial charge in [0.15, 0.2) is 7.14 Å². The van der Waals surface area contributed by atoms with E-state index in [-0.39, 0.29) is 0 Å². The van der Waals surface area contributed by atoms with Crippen molar-refractivity contribution in [3.05, 3.63) is 73.1 Å². The van der Waals surface area contributed by atoms with Gasteiger partial charge in [-0.3, -0.25) is 0 Å². The summed E-state index contributed by atoms with van der Waals surface area (Å²) >= 11 is 0. The fraction of sp³-hybridized carbons (Fsp3) is 0.136. The van der Waals surface area contributed by atoms with Gasteiger partial charge in [0.05, 0.1) is 14.2 Å². The number of hydrogen-bond donors (Lipinski definition) is 0. The largest absolute Gasteiger partial charge is 0.497 e. The minimum Gasteiger partial charge on any atom is -0.497 e. The Labute approximate surface area is 163 Å². The monoisotopic (exact) mass is 392 g/mol. The van der Waals surface area contributed by atoms with Crippen molar-refractivity contribution in [3.63, 3.8) is 0 Å². The van der Waals surface area contributed by atoms with Gasteiger partial charge in [0.25, 0.3) is 0 Å². The van der Waals surface area contributed by atoms with E-state index in [0.717, 1.165) is 38.4 Å². The molecule has 6 heteroatoms. The van der Waals surface area contributed by atoms with Crippen molar-refractivity contribution in [1.82, 2.24) is 9.55 Å². The minimum atomic E-state index is -3.13. The van der Waals surface area contributed by atoms with Crippen LogP contribution in [0.4, 0.5) is 0 Å². The Bertz CT molecular complexity index is 1110. The van der Waals surface area contributed by atoms with Gasteiger partial charge >= 0.3 is 0 Å². The molecule has 0 aliphatic rings. The van der Waals surface area contributed by atoms with Crippen LogP contribution in [-0.2, 0) is 11.6 Å². The zero-order valence-corrected chi connectivity index (χ0v) is 16.9. The fourth-order valence-corrected chi connectivity index (χ4v) is 6.22. The van der Waals surface area contributed by atoms with Gasteiger partial charge in [-0.05, 0) is 60.7 Å². The van der Waals surface area contributed by atoms with Gasteiger partial charge in [0.1, 0.15) is 17.1 Å². The number of methoxy groups -OCH3 is 2. The summed E-state index contributed by atoms with van der Waals surface area (Å²) < 4.78 is 27.2. The van der Waals surface area contributed by atoms with E-state index in [1.54, 1.807) is 20.4 Å². The molecular formula is C22H21N2O3P. The normalized spacial score (nSPS) is 11.5. The topological polar surface area (TPSA) is 53.4 Å². The lowest BCUT2D eigenvalue weighted by molar-refractivity contribution is 0.415. The van der Waals surface area contributed by atoms with Crippen molar-refractivity contribution < 1.29 is 14.0 Å². The standard InChI is InChI=1S/C22H21N2O3P/c1-24-15-13-20-21(12-14-23-22(20)24)28(25,18-8-4-16(26-2)5-9-18)19-10-6-17(27-3)7-11-19/h4-15H,1-3H3. The maximum absolute atomic E-state index is 14.7. The Morgan fingerprint density at radius 3 is 1.86 bits per heavy atom. The second kappa shape index (κ2) is 7.17. The van der Waals surface area contributed by atoms with Crippen LogP contribution < -0.4 is 25.4 Å². The summed E-state index contributed by atoms with van der Waals surface area (Å²) in [7, 11) is 2.04. The van der Waals surface area contributed by atoms with Gasteiger partial charge < -0.3 is 18.6 Å². The second-order valence-corrected chi connectivity index (χ2v) is 9.23. The summed E-state index contributed by atoms with van der Waals surface area (Å²) in [5.74, 6) is 1.45. The number of fused-ring (bicyclic) bond motifs is 1. The highest BCUT2D eigenvalue weighted by Gasteiger charge is 2.32. The Kier molecular flexibility index (Phi) is 4.70. The van der Waals surface area contributed by atoms with E-state index in [1.165, 1.54) is 0 Å². The van der Waals surface area contributed by atoms with Crippen molar-refractivity contribution in [1.29, 1.82) is 0 Å². The molecule has 0 saturated carbocycles. The Hall–Kier alpha value is -3.04. The molecule has 0 N–H and O–H groups in total. The van der Waals surface area contributed by atoms with Crippen LogP contribution in [0.15, 0.2) is 73.1 Å². The molecule has 0 bridgehead atoms. The molecule has 4 aromatic rings. The summed E-state index contributed by atoms with van der Waals surface area (Å²) in [6, 6.07) is 18.7. The van der Waals surface area contributed by atoms with E-state index in [0.29, 0.717) is 0 Å². The lowest BCUT2D eigenvalue weighted by Crippen LogP contribution is -2.25. The number of rotatable bonds is 5. The molecule has 0 fully saturated rings. The molecular weight excluding hydrogens is 371 g/mol. The Morgan fingerprint density at radius 1 is 0.821 bits per heavy atom. The highest BCUT2D eigenvalue weighted by atomic mass is 31.2. The molecule has 2 heterocycles.